The second-order valence-corrected chi connectivity index (χ2v) is 5.22. The molecule has 0 saturated heterocycles. The number of halogens is 1. The SMILES string of the molecule is Cn1cc(CN(CCCC(=O)O)Cc2ccc(F)cc2)nn1. The van der Waals surface area contributed by atoms with Crippen molar-refractivity contribution in [1.29, 1.82) is 0 Å². The van der Waals surface area contributed by atoms with Crippen molar-refractivity contribution in [3.05, 3.63) is 47.5 Å². The highest BCUT2D eigenvalue weighted by molar-refractivity contribution is 5.66. The van der Waals surface area contributed by atoms with E-state index >= 15 is 0 Å². The van der Waals surface area contributed by atoms with Gasteiger partial charge in [0.25, 0.3) is 0 Å². The summed E-state index contributed by atoms with van der Waals surface area (Å²) in [6.45, 7) is 1.81. The molecule has 0 aliphatic heterocycles. The summed E-state index contributed by atoms with van der Waals surface area (Å²) in [5.74, 6) is -1.07. The minimum atomic E-state index is -0.804. The van der Waals surface area contributed by atoms with Crippen molar-refractivity contribution in [2.24, 2.45) is 7.05 Å². The molecule has 0 atom stereocenters. The van der Waals surface area contributed by atoms with E-state index in [0.29, 0.717) is 26.1 Å². The normalized spacial score (nSPS) is 11.0. The number of aryl methyl sites for hydroxylation is 1. The van der Waals surface area contributed by atoms with Crippen molar-refractivity contribution in [3.8, 4) is 0 Å². The molecule has 2 rings (SSSR count). The van der Waals surface area contributed by atoms with Gasteiger partial charge in [0.15, 0.2) is 0 Å². The first-order valence-corrected chi connectivity index (χ1v) is 7.07. The lowest BCUT2D eigenvalue weighted by Crippen LogP contribution is -2.24. The smallest absolute Gasteiger partial charge is 0.303 e. The third kappa shape index (κ3) is 5.25. The van der Waals surface area contributed by atoms with Crippen LogP contribution < -0.4 is 0 Å². The lowest BCUT2D eigenvalue weighted by molar-refractivity contribution is -0.137. The van der Waals surface area contributed by atoms with E-state index in [4.69, 9.17) is 5.11 Å². The quantitative estimate of drug-likeness (QED) is 0.805. The largest absolute Gasteiger partial charge is 0.481 e. The van der Waals surface area contributed by atoms with Crippen LogP contribution in [0.1, 0.15) is 24.1 Å². The Morgan fingerprint density at radius 1 is 1.32 bits per heavy atom. The van der Waals surface area contributed by atoms with Crippen LogP contribution in [-0.2, 0) is 24.9 Å². The van der Waals surface area contributed by atoms with Crippen LogP contribution in [0, 0.1) is 5.82 Å². The summed E-state index contributed by atoms with van der Waals surface area (Å²) in [5, 5.41) is 16.7. The average Bonchev–Trinajstić information content (AvgIpc) is 2.86. The lowest BCUT2D eigenvalue weighted by Gasteiger charge is -2.21. The first kappa shape index (κ1) is 16.1. The minimum Gasteiger partial charge on any atom is -0.481 e. The van der Waals surface area contributed by atoms with Gasteiger partial charge in [0.2, 0.25) is 0 Å². The highest BCUT2D eigenvalue weighted by Gasteiger charge is 2.10. The Kier molecular flexibility index (Phi) is 5.60. The Morgan fingerprint density at radius 2 is 2.05 bits per heavy atom. The standard InChI is InChI=1S/C15H19FN4O2/c1-19-10-14(17-18-19)11-20(8-2-3-15(21)22)9-12-4-6-13(16)7-5-12/h4-7,10H,2-3,8-9,11H2,1H3,(H,21,22). The van der Waals surface area contributed by atoms with Gasteiger partial charge in [-0.3, -0.25) is 14.4 Å². The molecule has 1 aromatic carbocycles. The number of hydrogen-bond acceptors (Lipinski definition) is 4. The molecule has 0 bridgehead atoms. The number of nitrogens with zero attached hydrogens (tertiary/aromatic N) is 4. The first-order chi connectivity index (χ1) is 10.5. The zero-order chi connectivity index (χ0) is 15.9. The number of hydrogen-bond donors (Lipinski definition) is 1. The highest BCUT2D eigenvalue weighted by atomic mass is 19.1. The molecule has 7 heteroatoms. The second kappa shape index (κ2) is 7.65. The van der Waals surface area contributed by atoms with Gasteiger partial charge in [0.05, 0.1) is 5.69 Å². The van der Waals surface area contributed by atoms with E-state index in [-0.39, 0.29) is 12.2 Å². The number of carboxylic acid groups (broad SMARTS) is 1. The number of aliphatic carboxylic acids is 1. The molecule has 22 heavy (non-hydrogen) atoms. The summed E-state index contributed by atoms with van der Waals surface area (Å²) < 4.78 is 14.6. The Balaban J connectivity index is 1.99. The molecule has 1 N–H and O–H groups in total. The van der Waals surface area contributed by atoms with Crippen LogP contribution in [0.4, 0.5) is 4.39 Å². The van der Waals surface area contributed by atoms with Gasteiger partial charge in [0, 0.05) is 32.8 Å². The maximum Gasteiger partial charge on any atom is 0.303 e. The molecule has 118 valence electrons. The van der Waals surface area contributed by atoms with Gasteiger partial charge in [-0.25, -0.2) is 4.39 Å². The number of aromatic nitrogens is 3. The van der Waals surface area contributed by atoms with E-state index in [9.17, 15) is 9.18 Å². The van der Waals surface area contributed by atoms with Crippen LogP contribution in [0.2, 0.25) is 0 Å². The van der Waals surface area contributed by atoms with Gasteiger partial charge in [-0.1, -0.05) is 17.3 Å². The maximum atomic E-state index is 13.0. The fraction of sp³-hybridized carbons (Fsp3) is 0.400. The molecular formula is C15H19FN4O2. The van der Waals surface area contributed by atoms with E-state index in [1.807, 2.05) is 6.20 Å². The van der Waals surface area contributed by atoms with Crippen LogP contribution in [0.15, 0.2) is 30.5 Å². The van der Waals surface area contributed by atoms with Crippen molar-refractivity contribution < 1.29 is 14.3 Å². The summed E-state index contributed by atoms with van der Waals surface area (Å²) in [4.78, 5) is 12.7. The van der Waals surface area contributed by atoms with Crippen molar-refractivity contribution >= 4 is 5.97 Å². The topological polar surface area (TPSA) is 71.2 Å². The fourth-order valence-electron chi connectivity index (χ4n) is 2.21. The minimum absolute atomic E-state index is 0.125. The van der Waals surface area contributed by atoms with Crippen LogP contribution >= 0.6 is 0 Å². The van der Waals surface area contributed by atoms with E-state index in [2.05, 4.69) is 15.2 Å². The third-order valence-electron chi connectivity index (χ3n) is 3.22. The van der Waals surface area contributed by atoms with Crippen molar-refractivity contribution in [1.82, 2.24) is 19.9 Å². The number of rotatable bonds is 8. The number of carbonyl (C=O) groups is 1. The van der Waals surface area contributed by atoms with Gasteiger partial charge in [-0.05, 0) is 30.7 Å². The van der Waals surface area contributed by atoms with E-state index < -0.39 is 5.97 Å². The van der Waals surface area contributed by atoms with Gasteiger partial charge < -0.3 is 5.11 Å². The zero-order valence-corrected chi connectivity index (χ0v) is 12.4. The van der Waals surface area contributed by atoms with Crippen LogP contribution in [0.5, 0.6) is 0 Å². The van der Waals surface area contributed by atoms with Gasteiger partial charge >= 0.3 is 5.97 Å². The summed E-state index contributed by atoms with van der Waals surface area (Å²) >= 11 is 0. The Hall–Kier alpha value is -2.28. The Morgan fingerprint density at radius 3 is 2.64 bits per heavy atom. The molecular weight excluding hydrogens is 287 g/mol. The monoisotopic (exact) mass is 306 g/mol. The van der Waals surface area contributed by atoms with Gasteiger partial charge in [-0.2, -0.15) is 0 Å². The van der Waals surface area contributed by atoms with E-state index in [0.717, 1.165) is 11.3 Å². The maximum absolute atomic E-state index is 13.0. The van der Waals surface area contributed by atoms with Crippen molar-refractivity contribution in [2.45, 2.75) is 25.9 Å². The Bertz CT molecular complexity index is 612. The summed E-state index contributed by atoms with van der Waals surface area (Å²) in [5.41, 5.74) is 1.79. The highest BCUT2D eigenvalue weighted by Crippen LogP contribution is 2.10. The van der Waals surface area contributed by atoms with Crippen molar-refractivity contribution in [3.63, 3.8) is 0 Å². The molecule has 1 aromatic heterocycles. The van der Waals surface area contributed by atoms with Crippen LogP contribution in [-0.4, -0.2) is 37.5 Å². The van der Waals surface area contributed by atoms with Crippen LogP contribution in [0.3, 0.4) is 0 Å². The lowest BCUT2D eigenvalue weighted by atomic mass is 10.2. The summed E-state index contributed by atoms with van der Waals surface area (Å²) in [7, 11) is 1.80. The molecule has 0 saturated carbocycles. The number of benzene rings is 1. The predicted octanol–water partition coefficient (Wildman–Crippen LogP) is 1.82. The average molecular weight is 306 g/mol. The fourth-order valence-corrected chi connectivity index (χ4v) is 2.21. The van der Waals surface area contributed by atoms with Crippen molar-refractivity contribution in [2.75, 3.05) is 6.54 Å². The molecule has 0 amide bonds. The molecule has 0 aliphatic rings. The summed E-state index contributed by atoms with van der Waals surface area (Å²) in [6.07, 6.45) is 2.51. The Labute approximate surface area is 128 Å². The summed E-state index contributed by atoms with van der Waals surface area (Å²) in [6, 6.07) is 6.31. The molecule has 6 nitrogen and oxygen atoms in total. The zero-order valence-electron chi connectivity index (χ0n) is 12.4. The second-order valence-electron chi connectivity index (χ2n) is 5.22. The molecule has 0 unspecified atom stereocenters. The van der Waals surface area contributed by atoms with E-state index in [1.165, 1.54) is 12.1 Å². The first-order valence-electron chi connectivity index (χ1n) is 7.07. The predicted molar refractivity (Wildman–Crippen MR) is 78.4 cm³/mol. The molecule has 0 fully saturated rings. The number of carboxylic acids is 1. The van der Waals surface area contributed by atoms with E-state index in [1.54, 1.807) is 23.9 Å². The van der Waals surface area contributed by atoms with Crippen LogP contribution in [0.25, 0.3) is 0 Å². The van der Waals surface area contributed by atoms with Gasteiger partial charge in [0.1, 0.15) is 5.82 Å². The molecule has 2 aromatic rings. The van der Waals surface area contributed by atoms with Gasteiger partial charge in [-0.15, -0.1) is 5.10 Å². The molecule has 0 radical (unpaired) electrons. The third-order valence-corrected chi connectivity index (χ3v) is 3.22. The molecule has 0 aliphatic carbocycles. The molecule has 1 heterocycles. The molecule has 0 spiro atoms.